The summed E-state index contributed by atoms with van der Waals surface area (Å²) in [5, 5.41) is 3.11. The fourth-order valence-electron chi connectivity index (χ4n) is 4.36. The summed E-state index contributed by atoms with van der Waals surface area (Å²) in [6.45, 7) is 1.67. The molecule has 1 aliphatic rings. The number of anilines is 1. The number of benzene rings is 2. The highest BCUT2D eigenvalue weighted by atomic mass is 127. The van der Waals surface area contributed by atoms with Crippen molar-refractivity contribution in [3.8, 4) is 0 Å². The van der Waals surface area contributed by atoms with Crippen molar-refractivity contribution in [2.75, 3.05) is 23.7 Å². The van der Waals surface area contributed by atoms with Crippen LogP contribution in [0.5, 0.6) is 0 Å². The second-order valence-corrected chi connectivity index (χ2v) is 12.2. The molecule has 0 aliphatic heterocycles. The normalized spacial score (nSPS) is 15.3. The number of rotatable bonds is 10. The van der Waals surface area contributed by atoms with E-state index >= 15 is 0 Å². The molecule has 1 N–H and O–H groups in total. The van der Waals surface area contributed by atoms with Crippen LogP contribution in [0.1, 0.15) is 44.6 Å². The van der Waals surface area contributed by atoms with Gasteiger partial charge < -0.3 is 10.2 Å². The molecule has 2 aromatic carbocycles. The molecule has 1 fully saturated rings. The molecule has 9 heteroatoms. The second-order valence-electron chi connectivity index (χ2n) is 9.09. The number of nitrogens with one attached hydrogen (secondary N) is 1. The molecule has 2 aromatic rings. The van der Waals surface area contributed by atoms with Gasteiger partial charge in [0.15, 0.2) is 0 Å². The van der Waals surface area contributed by atoms with Gasteiger partial charge in [0.25, 0.3) is 0 Å². The lowest BCUT2D eigenvalue weighted by atomic mass is 9.95. The summed E-state index contributed by atoms with van der Waals surface area (Å²) in [6.07, 6.45) is 6.92. The maximum absolute atomic E-state index is 13.5. The van der Waals surface area contributed by atoms with E-state index < -0.39 is 22.0 Å². The lowest BCUT2D eigenvalue weighted by Gasteiger charge is -2.33. The third-order valence-corrected chi connectivity index (χ3v) is 8.26. The number of carbonyl (C=O) groups is 2. The lowest BCUT2D eigenvalue weighted by molar-refractivity contribution is -0.139. The fourth-order valence-corrected chi connectivity index (χ4v) is 5.57. The fraction of sp³-hybridized carbons (Fsp3) is 0.462. The number of amides is 2. The molecule has 3 rings (SSSR count). The SMILES string of the molecule is CC(C(=O)NC1CCCCC1)N(CCc1ccccc1)C(=O)CN(c1ccc(I)cc1)S(C)(=O)=O. The van der Waals surface area contributed by atoms with E-state index in [9.17, 15) is 18.0 Å². The second kappa shape index (κ2) is 12.7. The van der Waals surface area contributed by atoms with Crippen molar-refractivity contribution in [2.24, 2.45) is 0 Å². The van der Waals surface area contributed by atoms with Crippen molar-refractivity contribution < 1.29 is 18.0 Å². The number of nitrogens with zero attached hydrogens (tertiary/aromatic N) is 2. The zero-order chi connectivity index (χ0) is 25.4. The van der Waals surface area contributed by atoms with Gasteiger partial charge in [0.05, 0.1) is 11.9 Å². The Morgan fingerprint density at radius 1 is 1.03 bits per heavy atom. The van der Waals surface area contributed by atoms with Crippen LogP contribution in [0.3, 0.4) is 0 Å². The summed E-state index contributed by atoms with van der Waals surface area (Å²) in [5.41, 5.74) is 1.46. The van der Waals surface area contributed by atoms with E-state index in [-0.39, 0.29) is 18.5 Å². The highest BCUT2D eigenvalue weighted by Gasteiger charge is 2.30. The molecule has 190 valence electrons. The molecule has 0 aromatic heterocycles. The molecule has 0 spiro atoms. The van der Waals surface area contributed by atoms with Crippen molar-refractivity contribution in [2.45, 2.75) is 57.5 Å². The van der Waals surface area contributed by atoms with Gasteiger partial charge in [-0.25, -0.2) is 8.42 Å². The van der Waals surface area contributed by atoms with Crippen molar-refractivity contribution in [1.29, 1.82) is 0 Å². The number of sulfonamides is 1. The average Bonchev–Trinajstić information content (AvgIpc) is 2.84. The Kier molecular flexibility index (Phi) is 9.97. The van der Waals surface area contributed by atoms with E-state index in [1.54, 1.807) is 31.2 Å². The predicted octanol–water partition coefficient (Wildman–Crippen LogP) is 3.97. The van der Waals surface area contributed by atoms with Crippen LogP contribution in [-0.4, -0.2) is 56.6 Å². The molecule has 1 aliphatic carbocycles. The van der Waals surface area contributed by atoms with Gasteiger partial charge in [-0.1, -0.05) is 49.6 Å². The van der Waals surface area contributed by atoms with Gasteiger partial charge in [-0.15, -0.1) is 0 Å². The van der Waals surface area contributed by atoms with Crippen molar-refractivity contribution in [3.63, 3.8) is 0 Å². The molecular weight excluding hydrogens is 577 g/mol. The van der Waals surface area contributed by atoms with Gasteiger partial charge >= 0.3 is 0 Å². The smallest absolute Gasteiger partial charge is 0.244 e. The van der Waals surface area contributed by atoms with Gasteiger partial charge in [-0.3, -0.25) is 13.9 Å². The van der Waals surface area contributed by atoms with Crippen LogP contribution >= 0.6 is 22.6 Å². The Balaban J connectivity index is 1.80. The van der Waals surface area contributed by atoms with Crippen LogP contribution in [0, 0.1) is 3.57 Å². The molecule has 0 saturated heterocycles. The molecule has 0 heterocycles. The van der Waals surface area contributed by atoms with Gasteiger partial charge in [0.2, 0.25) is 21.8 Å². The monoisotopic (exact) mass is 611 g/mol. The lowest BCUT2D eigenvalue weighted by Crippen LogP contribution is -2.53. The number of hydrogen-bond donors (Lipinski definition) is 1. The highest BCUT2D eigenvalue weighted by Crippen LogP contribution is 2.21. The molecule has 1 saturated carbocycles. The maximum Gasteiger partial charge on any atom is 0.244 e. The van der Waals surface area contributed by atoms with Gasteiger partial charge in [0, 0.05) is 16.2 Å². The van der Waals surface area contributed by atoms with E-state index in [0.717, 1.165) is 45.4 Å². The minimum Gasteiger partial charge on any atom is -0.352 e. The molecule has 0 bridgehead atoms. The first kappa shape index (κ1) is 27.4. The van der Waals surface area contributed by atoms with E-state index in [2.05, 4.69) is 27.9 Å². The molecular formula is C26H34IN3O4S. The average molecular weight is 612 g/mol. The van der Waals surface area contributed by atoms with E-state index in [4.69, 9.17) is 0 Å². The minimum atomic E-state index is -3.71. The first-order valence-corrected chi connectivity index (χ1v) is 14.9. The van der Waals surface area contributed by atoms with Crippen LogP contribution in [0.2, 0.25) is 0 Å². The third-order valence-electron chi connectivity index (χ3n) is 6.40. The molecule has 0 radical (unpaired) electrons. The minimum absolute atomic E-state index is 0.129. The Hall–Kier alpha value is -2.14. The number of carbonyl (C=O) groups excluding carboxylic acids is 2. The van der Waals surface area contributed by atoms with Gasteiger partial charge in [-0.05, 0) is 78.6 Å². The zero-order valence-corrected chi connectivity index (χ0v) is 23.3. The Bertz CT molecular complexity index is 1090. The highest BCUT2D eigenvalue weighted by molar-refractivity contribution is 14.1. The largest absolute Gasteiger partial charge is 0.352 e. The summed E-state index contributed by atoms with van der Waals surface area (Å²) >= 11 is 2.14. The maximum atomic E-state index is 13.5. The zero-order valence-electron chi connectivity index (χ0n) is 20.3. The molecule has 1 atom stereocenters. The topological polar surface area (TPSA) is 86.8 Å². The van der Waals surface area contributed by atoms with Crippen LogP contribution < -0.4 is 9.62 Å². The number of hydrogen-bond acceptors (Lipinski definition) is 4. The van der Waals surface area contributed by atoms with Crippen LogP contribution in [0.15, 0.2) is 54.6 Å². The molecule has 1 unspecified atom stereocenters. The van der Waals surface area contributed by atoms with E-state index in [1.807, 2.05) is 30.3 Å². The van der Waals surface area contributed by atoms with Crippen molar-refractivity contribution in [3.05, 3.63) is 63.7 Å². The van der Waals surface area contributed by atoms with E-state index in [1.165, 1.54) is 11.3 Å². The summed E-state index contributed by atoms with van der Waals surface area (Å²) in [7, 11) is -3.71. The van der Waals surface area contributed by atoms with Gasteiger partial charge in [0.1, 0.15) is 12.6 Å². The third kappa shape index (κ3) is 8.20. The van der Waals surface area contributed by atoms with Crippen LogP contribution in [0.4, 0.5) is 5.69 Å². The van der Waals surface area contributed by atoms with Crippen molar-refractivity contribution in [1.82, 2.24) is 10.2 Å². The molecule has 35 heavy (non-hydrogen) atoms. The van der Waals surface area contributed by atoms with Crippen LogP contribution in [0.25, 0.3) is 0 Å². The van der Waals surface area contributed by atoms with Crippen molar-refractivity contribution >= 4 is 50.1 Å². The first-order valence-electron chi connectivity index (χ1n) is 12.0. The summed E-state index contributed by atoms with van der Waals surface area (Å²) in [6, 6.07) is 16.1. The Morgan fingerprint density at radius 3 is 2.26 bits per heavy atom. The quantitative estimate of drug-likeness (QED) is 0.413. The molecule has 2 amide bonds. The standard InChI is InChI=1S/C26H34IN3O4S/c1-20(26(32)28-23-11-7-4-8-12-23)29(18-17-21-9-5-3-6-10-21)25(31)19-30(35(2,33)34)24-15-13-22(27)14-16-24/h3,5-6,9-10,13-16,20,23H,4,7-8,11-12,17-19H2,1-2H3,(H,28,32). The first-order chi connectivity index (χ1) is 16.6. The number of halogens is 1. The molecule has 7 nitrogen and oxygen atoms in total. The Morgan fingerprint density at radius 2 is 1.66 bits per heavy atom. The van der Waals surface area contributed by atoms with Crippen LogP contribution in [-0.2, 0) is 26.0 Å². The summed E-state index contributed by atoms with van der Waals surface area (Å²) < 4.78 is 27.3. The predicted molar refractivity (Wildman–Crippen MR) is 148 cm³/mol. The van der Waals surface area contributed by atoms with Gasteiger partial charge in [-0.2, -0.15) is 0 Å². The summed E-state index contributed by atoms with van der Waals surface area (Å²) in [4.78, 5) is 28.2. The van der Waals surface area contributed by atoms with E-state index in [0.29, 0.717) is 18.7 Å². The Labute approximate surface area is 222 Å². The summed E-state index contributed by atoms with van der Waals surface area (Å²) in [5.74, 6) is -0.602.